The average molecular weight is 177 g/mol. The third kappa shape index (κ3) is 2.12. The van der Waals surface area contributed by atoms with E-state index in [0.717, 1.165) is 17.8 Å². The normalized spacial score (nSPS) is 27.8. The van der Waals surface area contributed by atoms with Crippen LogP contribution in [-0.4, -0.2) is 7.11 Å². The first-order chi connectivity index (χ1) is 6.19. The lowest BCUT2D eigenvalue weighted by molar-refractivity contribution is 0.238. The van der Waals surface area contributed by atoms with Crippen LogP contribution < -0.4 is 0 Å². The second-order valence-electron chi connectivity index (χ2n) is 3.54. The standard InChI is InChI=1S/C11H15NO/c1-8-6-10(13-3)7-9(2)11(8)4-5-12/h6,9,11H,1,4,7H2,2-3H3. The lowest BCUT2D eigenvalue weighted by Gasteiger charge is -2.27. The van der Waals surface area contributed by atoms with E-state index in [1.807, 2.05) is 6.08 Å². The Morgan fingerprint density at radius 1 is 1.77 bits per heavy atom. The van der Waals surface area contributed by atoms with Gasteiger partial charge in [0, 0.05) is 12.8 Å². The van der Waals surface area contributed by atoms with Crippen molar-refractivity contribution < 1.29 is 4.74 Å². The molecule has 1 aliphatic carbocycles. The molecule has 0 amide bonds. The quantitative estimate of drug-likeness (QED) is 0.649. The molecule has 0 aromatic heterocycles. The summed E-state index contributed by atoms with van der Waals surface area (Å²) in [4.78, 5) is 0. The molecule has 13 heavy (non-hydrogen) atoms. The predicted octanol–water partition coefficient (Wildman–Crippen LogP) is 2.64. The van der Waals surface area contributed by atoms with Gasteiger partial charge in [-0.3, -0.25) is 0 Å². The molecular formula is C11H15NO. The lowest BCUT2D eigenvalue weighted by atomic mass is 9.79. The molecule has 2 unspecified atom stereocenters. The first kappa shape index (κ1) is 9.85. The molecule has 0 radical (unpaired) electrons. The SMILES string of the molecule is C=C1C=C(OC)CC(C)C1CC#N. The van der Waals surface area contributed by atoms with E-state index in [1.54, 1.807) is 7.11 Å². The third-order valence-corrected chi connectivity index (χ3v) is 2.61. The summed E-state index contributed by atoms with van der Waals surface area (Å²) in [6.45, 7) is 6.09. The summed E-state index contributed by atoms with van der Waals surface area (Å²) < 4.78 is 5.18. The third-order valence-electron chi connectivity index (χ3n) is 2.61. The number of ether oxygens (including phenoxy) is 1. The fourth-order valence-electron chi connectivity index (χ4n) is 1.77. The Morgan fingerprint density at radius 3 is 2.92 bits per heavy atom. The Kier molecular flexibility index (Phi) is 3.13. The molecule has 0 aliphatic heterocycles. The van der Waals surface area contributed by atoms with Crippen molar-refractivity contribution in [3.63, 3.8) is 0 Å². The molecule has 0 N–H and O–H groups in total. The molecule has 0 aromatic carbocycles. The molecule has 0 saturated carbocycles. The largest absolute Gasteiger partial charge is 0.501 e. The van der Waals surface area contributed by atoms with Crippen molar-refractivity contribution in [1.29, 1.82) is 5.26 Å². The van der Waals surface area contributed by atoms with Gasteiger partial charge in [-0.15, -0.1) is 0 Å². The second kappa shape index (κ2) is 4.13. The van der Waals surface area contributed by atoms with Crippen LogP contribution in [-0.2, 0) is 4.74 Å². The maximum absolute atomic E-state index is 8.63. The summed E-state index contributed by atoms with van der Waals surface area (Å²) in [6, 6.07) is 2.20. The molecule has 0 spiro atoms. The molecule has 70 valence electrons. The Bertz CT molecular complexity index is 272. The highest BCUT2D eigenvalue weighted by molar-refractivity contribution is 5.26. The first-order valence-corrected chi connectivity index (χ1v) is 4.49. The van der Waals surface area contributed by atoms with Gasteiger partial charge >= 0.3 is 0 Å². The van der Waals surface area contributed by atoms with Crippen LogP contribution in [0.25, 0.3) is 0 Å². The van der Waals surface area contributed by atoms with Crippen LogP contribution in [0.4, 0.5) is 0 Å². The van der Waals surface area contributed by atoms with Gasteiger partial charge in [0.25, 0.3) is 0 Å². The van der Waals surface area contributed by atoms with Gasteiger partial charge in [-0.2, -0.15) is 5.26 Å². The minimum atomic E-state index is 0.309. The van der Waals surface area contributed by atoms with Gasteiger partial charge in [-0.25, -0.2) is 0 Å². The molecule has 2 nitrogen and oxygen atoms in total. The highest BCUT2D eigenvalue weighted by Gasteiger charge is 2.25. The van der Waals surface area contributed by atoms with Gasteiger partial charge in [-0.1, -0.05) is 13.5 Å². The van der Waals surface area contributed by atoms with E-state index in [4.69, 9.17) is 10.00 Å². The molecule has 0 heterocycles. The van der Waals surface area contributed by atoms with Crippen LogP contribution in [0.1, 0.15) is 19.8 Å². The van der Waals surface area contributed by atoms with Crippen LogP contribution in [0.3, 0.4) is 0 Å². The van der Waals surface area contributed by atoms with Gasteiger partial charge in [-0.05, 0) is 23.5 Å². The van der Waals surface area contributed by atoms with Gasteiger partial charge in [0.1, 0.15) is 0 Å². The van der Waals surface area contributed by atoms with E-state index in [0.29, 0.717) is 18.3 Å². The first-order valence-electron chi connectivity index (χ1n) is 4.49. The van der Waals surface area contributed by atoms with Gasteiger partial charge < -0.3 is 4.74 Å². The van der Waals surface area contributed by atoms with E-state index < -0.39 is 0 Å². The summed E-state index contributed by atoms with van der Waals surface area (Å²) in [5, 5.41) is 8.63. The zero-order chi connectivity index (χ0) is 9.84. The smallest absolute Gasteiger partial charge is 0.0960 e. The van der Waals surface area contributed by atoms with Gasteiger partial charge in [0.2, 0.25) is 0 Å². The van der Waals surface area contributed by atoms with E-state index in [9.17, 15) is 0 Å². The molecule has 0 bridgehead atoms. The number of methoxy groups -OCH3 is 1. The predicted molar refractivity (Wildman–Crippen MR) is 51.7 cm³/mol. The highest BCUT2D eigenvalue weighted by Crippen LogP contribution is 2.34. The van der Waals surface area contributed by atoms with E-state index in [1.165, 1.54) is 0 Å². The van der Waals surface area contributed by atoms with Crippen LogP contribution in [0.15, 0.2) is 24.0 Å². The fourth-order valence-corrected chi connectivity index (χ4v) is 1.77. The number of nitrogens with zero attached hydrogens (tertiary/aromatic N) is 1. The number of nitriles is 1. The summed E-state index contributed by atoms with van der Waals surface area (Å²) in [6.07, 6.45) is 3.44. The summed E-state index contributed by atoms with van der Waals surface area (Å²) in [5.74, 6) is 1.75. The molecule has 0 saturated heterocycles. The number of allylic oxidation sites excluding steroid dienone is 3. The minimum Gasteiger partial charge on any atom is -0.501 e. The molecule has 1 aliphatic rings. The van der Waals surface area contributed by atoms with Crippen LogP contribution in [0.5, 0.6) is 0 Å². The number of rotatable bonds is 2. The van der Waals surface area contributed by atoms with Crippen molar-refractivity contribution in [2.24, 2.45) is 11.8 Å². The van der Waals surface area contributed by atoms with Crippen LogP contribution in [0.2, 0.25) is 0 Å². The van der Waals surface area contributed by atoms with Crippen molar-refractivity contribution in [2.45, 2.75) is 19.8 Å². The van der Waals surface area contributed by atoms with Crippen molar-refractivity contribution in [3.8, 4) is 6.07 Å². The zero-order valence-corrected chi connectivity index (χ0v) is 8.21. The lowest BCUT2D eigenvalue weighted by Crippen LogP contribution is -2.18. The molecule has 0 aromatic rings. The number of hydrogen-bond donors (Lipinski definition) is 0. The van der Waals surface area contributed by atoms with Gasteiger partial charge in [0.05, 0.1) is 18.9 Å². The molecular weight excluding hydrogens is 162 g/mol. The molecule has 0 fully saturated rings. The highest BCUT2D eigenvalue weighted by atomic mass is 16.5. The Balaban J connectivity index is 2.77. The molecule has 2 atom stereocenters. The maximum atomic E-state index is 8.63. The topological polar surface area (TPSA) is 33.0 Å². The minimum absolute atomic E-state index is 0.309. The van der Waals surface area contributed by atoms with Crippen molar-refractivity contribution in [1.82, 2.24) is 0 Å². The zero-order valence-electron chi connectivity index (χ0n) is 8.21. The molecule has 2 heteroatoms. The van der Waals surface area contributed by atoms with E-state index in [-0.39, 0.29) is 0 Å². The van der Waals surface area contributed by atoms with Crippen molar-refractivity contribution in [3.05, 3.63) is 24.0 Å². The molecule has 1 rings (SSSR count). The summed E-state index contributed by atoms with van der Waals surface area (Å²) >= 11 is 0. The van der Waals surface area contributed by atoms with Crippen LogP contribution in [0, 0.1) is 23.2 Å². The van der Waals surface area contributed by atoms with E-state index >= 15 is 0 Å². The van der Waals surface area contributed by atoms with Crippen molar-refractivity contribution in [2.75, 3.05) is 7.11 Å². The second-order valence-corrected chi connectivity index (χ2v) is 3.54. The average Bonchev–Trinajstić information content (AvgIpc) is 2.11. The summed E-state index contributed by atoms with van der Waals surface area (Å²) in [7, 11) is 1.68. The summed E-state index contributed by atoms with van der Waals surface area (Å²) in [5.41, 5.74) is 1.03. The van der Waals surface area contributed by atoms with Crippen molar-refractivity contribution >= 4 is 0 Å². The monoisotopic (exact) mass is 177 g/mol. The maximum Gasteiger partial charge on any atom is 0.0960 e. The number of hydrogen-bond acceptors (Lipinski definition) is 2. The fraction of sp³-hybridized carbons (Fsp3) is 0.545. The Labute approximate surface area is 79.5 Å². The van der Waals surface area contributed by atoms with E-state index in [2.05, 4.69) is 19.6 Å². The van der Waals surface area contributed by atoms with Crippen LogP contribution >= 0.6 is 0 Å². The Morgan fingerprint density at radius 2 is 2.46 bits per heavy atom. The Hall–Kier alpha value is -1.23. The van der Waals surface area contributed by atoms with Gasteiger partial charge in [0.15, 0.2) is 0 Å².